The lowest BCUT2D eigenvalue weighted by Gasteiger charge is -2.17. The molecule has 0 bridgehead atoms. The van der Waals surface area contributed by atoms with Crippen molar-refractivity contribution in [1.29, 1.82) is 0 Å². The van der Waals surface area contributed by atoms with Crippen LogP contribution in [0, 0.1) is 0 Å². The van der Waals surface area contributed by atoms with Gasteiger partial charge in [0.25, 0.3) is 0 Å². The minimum absolute atomic E-state index is 0.770. The Hall–Kier alpha value is -2.54. The molecule has 0 atom stereocenters. The Morgan fingerprint density at radius 2 is 1.59 bits per heavy atom. The third-order valence-corrected chi connectivity index (χ3v) is 2.84. The largest absolute Gasteiger partial charge is 0.349 e. The lowest BCUT2D eigenvalue weighted by atomic mass is 10.1. The first-order valence-corrected chi connectivity index (χ1v) is 7.22. The number of allylic oxidation sites excluding steroid dienone is 12. The van der Waals surface area contributed by atoms with Crippen LogP contribution in [0.2, 0.25) is 0 Å². The van der Waals surface area contributed by atoms with Crippen LogP contribution in [0.25, 0.3) is 0 Å². The summed E-state index contributed by atoms with van der Waals surface area (Å²) in [5, 5.41) is 0. The molecule has 0 aromatic heterocycles. The molecule has 0 aliphatic heterocycles. The van der Waals surface area contributed by atoms with Gasteiger partial charge in [-0.1, -0.05) is 81.0 Å². The number of hydrogen-bond acceptors (Lipinski definition) is 1. The van der Waals surface area contributed by atoms with Crippen molar-refractivity contribution < 1.29 is 0 Å². The molecule has 0 radical (unpaired) electrons. The molecule has 0 spiro atoms. The van der Waals surface area contributed by atoms with E-state index in [1.165, 1.54) is 0 Å². The lowest BCUT2D eigenvalue weighted by molar-refractivity contribution is 0.520. The van der Waals surface area contributed by atoms with E-state index in [1.807, 2.05) is 62.6 Å². The molecule has 0 fully saturated rings. The molecular formula is C21H27N. The van der Waals surface area contributed by atoms with Crippen molar-refractivity contribution >= 4 is 0 Å². The first-order chi connectivity index (χ1) is 10.5. The van der Waals surface area contributed by atoms with Gasteiger partial charge in [0, 0.05) is 18.4 Å². The van der Waals surface area contributed by atoms with Crippen molar-refractivity contribution in [3.05, 3.63) is 110 Å². The van der Waals surface area contributed by atoms with Crippen LogP contribution in [0.15, 0.2) is 110 Å². The topological polar surface area (TPSA) is 3.24 Å². The van der Waals surface area contributed by atoms with E-state index in [9.17, 15) is 0 Å². The van der Waals surface area contributed by atoms with E-state index in [2.05, 4.69) is 37.3 Å². The normalized spacial score (nSPS) is 12.5. The zero-order chi connectivity index (χ0) is 16.8. The Balaban J connectivity index is 4.62. The molecule has 0 aliphatic carbocycles. The molecule has 1 heteroatoms. The Morgan fingerprint density at radius 1 is 0.909 bits per heavy atom. The molecule has 0 rings (SSSR count). The summed E-state index contributed by atoms with van der Waals surface area (Å²) in [7, 11) is 0. The maximum atomic E-state index is 4.00. The van der Waals surface area contributed by atoms with Crippen LogP contribution in [0.3, 0.4) is 0 Å². The second kappa shape index (κ2) is 12.2. The quantitative estimate of drug-likeness (QED) is 0.455. The Labute approximate surface area is 136 Å². The molecule has 0 unspecified atom stereocenters. The monoisotopic (exact) mass is 293 g/mol. The summed E-state index contributed by atoms with van der Waals surface area (Å²) in [6.45, 7) is 20.1. The van der Waals surface area contributed by atoms with Crippen molar-refractivity contribution in [2.24, 2.45) is 0 Å². The van der Waals surface area contributed by atoms with Gasteiger partial charge in [-0.05, 0) is 31.1 Å². The molecular weight excluding hydrogens is 266 g/mol. The summed E-state index contributed by atoms with van der Waals surface area (Å²) in [5.74, 6) is 0. The predicted molar refractivity (Wildman–Crippen MR) is 101 cm³/mol. The van der Waals surface area contributed by atoms with E-state index in [4.69, 9.17) is 0 Å². The smallest absolute Gasteiger partial charge is 0.0405 e. The van der Waals surface area contributed by atoms with Gasteiger partial charge in [-0.25, -0.2) is 0 Å². The summed E-state index contributed by atoms with van der Waals surface area (Å²) in [4.78, 5) is 2.07. The third kappa shape index (κ3) is 9.38. The number of rotatable bonds is 10. The molecule has 22 heavy (non-hydrogen) atoms. The van der Waals surface area contributed by atoms with Crippen molar-refractivity contribution in [1.82, 2.24) is 4.90 Å². The Morgan fingerprint density at radius 3 is 2.18 bits per heavy atom. The molecule has 116 valence electrons. The third-order valence-electron chi connectivity index (χ3n) is 2.84. The SMILES string of the molecule is C=C/C=C\C=C\N(C/C=C\C=C(/C)C(=C)/C=C\C=C)C(=C)C. The van der Waals surface area contributed by atoms with Crippen LogP contribution in [-0.4, -0.2) is 11.4 Å². The number of nitrogens with zero attached hydrogens (tertiary/aromatic N) is 1. The number of hydrogen-bond donors (Lipinski definition) is 0. The summed E-state index contributed by atoms with van der Waals surface area (Å²) >= 11 is 0. The van der Waals surface area contributed by atoms with Crippen LogP contribution in [-0.2, 0) is 0 Å². The van der Waals surface area contributed by atoms with Crippen LogP contribution in [0.5, 0.6) is 0 Å². The highest BCUT2D eigenvalue weighted by Gasteiger charge is 1.95. The van der Waals surface area contributed by atoms with Gasteiger partial charge in [0.15, 0.2) is 0 Å². The van der Waals surface area contributed by atoms with Crippen molar-refractivity contribution in [3.8, 4) is 0 Å². The fourth-order valence-electron chi connectivity index (χ4n) is 1.45. The summed E-state index contributed by atoms with van der Waals surface area (Å²) in [6.07, 6.45) is 21.3. The molecule has 0 aromatic rings. The lowest BCUT2D eigenvalue weighted by Crippen LogP contribution is -2.13. The van der Waals surface area contributed by atoms with E-state index in [1.54, 1.807) is 12.2 Å². The Bertz CT molecular complexity index is 536. The van der Waals surface area contributed by atoms with E-state index in [0.29, 0.717) is 0 Å². The van der Waals surface area contributed by atoms with Crippen molar-refractivity contribution in [3.63, 3.8) is 0 Å². The zero-order valence-electron chi connectivity index (χ0n) is 13.8. The highest BCUT2D eigenvalue weighted by molar-refractivity contribution is 5.38. The van der Waals surface area contributed by atoms with E-state index in [-0.39, 0.29) is 0 Å². The van der Waals surface area contributed by atoms with Gasteiger partial charge in [-0.3, -0.25) is 0 Å². The molecule has 0 heterocycles. The van der Waals surface area contributed by atoms with Gasteiger partial charge in [0.05, 0.1) is 0 Å². The van der Waals surface area contributed by atoms with Gasteiger partial charge in [0.2, 0.25) is 0 Å². The molecule has 0 saturated heterocycles. The van der Waals surface area contributed by atoms with Crippen LogP contribution in [0.4, 0.5) is 0 Å². The average Bonchev–Trinajstić information content (AvgIpc) is 2.50. The fourth-order valence-corrected chi connectivity index (χ4v) is 1.45. The summed E-state index contributed by atoms with van der Waals surface area (Å²) in [6, 6.07) is 0. The van der Waals surface area contributed by atoms with Gasteiger partial charge in [0.1, 0.15) is 0 Å². The van der Waals surface area contributed by atoms with Gasteiger partial charge >= 0.3 is 0 Å². The highest BCUT2D eigenvalue weighted by Crippen LogP contribution is 2.08. The van der Waals surface area contributed by atoms with Crippen molar-refractivity contribution in [2.45, 2.75) is 13.8 Å². The molecule has 0 N–H and O–H groups in total. The van der Waals surface area contributed by atoms with Crippen LogP contribution in [0.1, 0.15) is 13.8 Å². The summed E-state index contributed by atoms with van der Waals surface area (Å²) in [5.41, 5.74) is 3.10. The first kappa shape index (κ1) is 19.5. The second-order valence-corrected chi connectivity index (χ2v) is 4.75. The molecule has 1 nitrogen and oxygen atoms in total. The maximum absolute atomic E-state index is 4.00. The minimum Gasteiger partial charge on any atom is -0.349 e. The minimum atomic E-state index is 0.770. The predicted octanol–water partition coefficient (Wildman–Crippen LogP) is 5.88. The first-order valence-electron chi connectivity index (χ1n) is 7.22. The Kier molecular flexibility index (Phi) is 10.8. The van der Waals surface area contributed by atoms with Gasteiger partial charge in [-0.2, -0.15) is 0 Å². The van der Waals surface area contributed by atoms with Gasteiger partial charge in [-0.15, -0.1) is 0 Å². The average molecular weight is 293 g/mol. The highest BCUT2D eigenvalue weighted by atomic mass is 15.1. The van der Waals surface area contributed by atoms with E-state index < -0.39 is 0 Å². The summed E-state index contributed by atoms with van der Waals surface area (Å²) < 4.78 is 0. The molecule has 0 saturated carbocycles. The van der Waals surface area contributed by atoms with E-state index >= 15 is 0 Å². The zero-order valence-corrected chi connectivity index (χ0v) is 13.8. The fraction of sp³-hybridized carbons (Fsp3) is 0.143. The van der Waals surface area contributed by atoms with Crippen LogP contribution >= 0.6 is 0 Å². The maximum Gasteiger partial charge on any atom is 0.0405 e. The van der Waals surface area contributed by atoms with Crippen LogP contribution < -0.4 is 0 Å². The second-order valence-electron chi connectivity index (χ2n) is 4.75. The molecule has 0 aromatic carbocycles. The van der Waals surface area contributed by atoms with Crippen molar-refractivity contribution in [2.75, 3.05) is 6.54 Å². The molecule has 0 aliphatic rings. The molecule has 0 amide bonds. The van der Waals surface area contributed by atoms with Gasteiger partial charge < -0.3 is 4.90 Å². The van der Waals surface area contributed by atoms with E-state index in [0.717, 1.165) is 23.4 Å². The standard InChI is InChI=1S/C21H27N/c1-7-9-11-13-17-22(19(3)4)18-14-12-16-21(6)20(5)15-10-8-2/h7-17H,1-3,5,18H2,4,6H3/b11-9-,14-12-,15-10-,17-13+,21-16+.